The molecule has 1 heterocycles. The minimum absolute atomic E-state index is 0.223. The number of unbranched alkanes of at least 4 members (excludes halogenated alkanes) is 1. The zero-order valence-corrected chi connectivity index (χ0v) is 11.6. The van der Waals surface area contributed by atoms with Crippen LogP contribution in [0.1, 0.15) is 46.5 Å². The van der Waals surface area contributed by atoms with Gasteiger partial charge >= 0.3 is 0 Å². The zero-order chi connectivity index (χ0) is 11.3. The largest absolute Gasteiger partial charge is 0.299 e. The molecular weight excluding hydrogens is 224 g/mol. The standard InChI is InChI=1S/C12H22OS2/c1-9(2)11(13)6-4-5-7-12-10(3)8-14-15-12/h9-10,12H,4-8H2,1-3H3. The topological polar surface area (TPSA) is 17.1 Å². The van der Waals surface area contributed by atoms with Crippen LogP contribution in [0.4, 0.5) is 0 Å². The van der Waals surface area contributed by atoms with Crippen LogP contribution in [0.2, 0.25) is 0 Å². The van der Waals surface area contributed by atoms with Gasteiger partial charge in [0.05, 0.1) is 0 Å². The molecule has 0 aliphatic carbocycles. The van der Waals surface area contributed by atoms with E-state index >= 15 is 0 Å². The number of rotatable bonds is 6. The molecule has 1 saturated heterocycles. The summed E-state index contributed by atoms with van der Waals surface area (Å²) in [4.78, 5) is 11.4. The van der Waals surface area contributed by atoms with Crippen LogP contribution < -0.4 is 0 Å². The maximum atomic E-state index is 11.4. The van der Waals surface area contributed by atoms with Crippen LogP contribution in [0.3, 0.4) is 0 Å². The Morgan fingerprint density at radius 1 is 1.40 bits per heavy atom. The summed E-state index contributed by atoms with van der Waals surface area (Å²) in [5.74, 6) is 2.82. The lowest BCUT2D eigenvalue weighted by Crippen LogP contribution is -2.11. The second-order valence-electron chi connectivity index (χ2n) is 4.76. The van der Waals surface area contributed by atoms with Crippen LogP contribution >= 0.6 is 21.6 Å². The van der Waals surface area contributed by atoms with E-state index in [1.54, 1.807) is 0 Å². The molecule has 2 unspecified atom stereocenters. The van der Waals surface area contributed by atoms with Crippen molar-refractivity contribution in [3.63, 3.8) is 0 Å². The minimum atomic E-state index is 0.223. The van der Waals surface area contributed by atoms with Gasteiger partial charge in [0.25, 0.3) is 0 Å². The van der Waals surface area contributed by atoms with Crippen molar-refractivity contribution in [2.24, 2.45) is 11.8 Å². The lowest BCUT2D eigenvalue weighted by atomic mass is 10.00. The monoisotopic (exact) mass is 246 g/mol. The third-order valence-electron chi connectivity index (χ3n) is 2.96. The first-order chi connectivity index (χ1) is 7.11. The highest BCUT2D eigenvalue weighted by atomic mass is 33.1. The number of ketones is 1. The van der Waals surface area contributed by atoms with Gasteiger partial charge in [-0.15, -0.1) is 0 Å². The Morgan fingerprint density at radius 3 is 2.67 bits per heavy atom. The molecule has 0 saturated carbocycles. The molecule has 2 atom stereocenters. The molecule has 88 valence electrons. The van der Waals surface area contributed by atoms with Crippen molar-refractivity contribution in [1.82, 2.24) is 0 Å². The molecule has 0 bridgehead atoms. The van der Waals surface area contributed by atoms with E-state index in [2.05, 4.69) is 6.92 Å². The van der Waals surface area contributed by atoms with Gasteiger partial charge in [0.1, 0.15) is 5.78 Å². The molecule has 0 aromatic rings. The fourth-order valence-corrected chi connectivity index (χ4v) is 5.33. The van der Waals surface area contributed by atoms with E-state index in [1.165, 1.54) is 18.6 Å². The van der Waals surface area contributed by atoms with Crippen molar-refractivity contribution in [3.8, 4) is 0 Å². The molecule has 0 aromatic heterocycles. The fourth-order valence-electron chi connectivity index (χ4n) is 1.70. The smallest absolute Gasteiger partial charge is 0.135 e. The summed E-state index contributed by atoms with van der Waals surface area (Å²) in [7, 11) is 4.06. The highest BCUT2D eigenvalue weighted by molar-refractivity contribution is 8.77. The summed E-state index contributed by atoms with van der Waals surface area (Å²) in [6.45, 7) is 6.33. The third kappa shape index (κ3) is 4.81. The highest BCUT2D eigenvalue weighted by Gasteiger charge is 2.24. The van der Waals surface area contributed by atoms with Crippen molar-refractivity contribution in [3.05, 3.63) is 0 Å². The van der Waals surface area contributed by atoms with E-state index in [0.29, 0.717) is 5.78 Å². The summed E-state index contributed by atoms with van der Waals surface area (Å²) in [6.07, 6.45) is 4.40. The average molecular weight is 246 g/mol. The van der Waals surface area contributed by atoms with Gasteiger partial charge in [-0.3, -0.25) is 4.79 Å². The van der Waals surface area contributed by atoms with E-state index < -0.39 is 0 Å². The maximum absolute atomic E-state index is 11.4. The second-order valence-corrected chi connectivity index (χ2v) is 7.41. The normalized spacial score (nSPS) is 26.1. The lowest BCUT2D eigenvalue weighted by molar-refractivity contribution is -0.122. The van der Waals surface area contributed by atoms with Crippen molar-refractivity contribution in [1.29, 1.82) is 0 Å². The Kier molecular flexibility index (Phi) is 6.13. The molecule has 1 aliphatic rings. The van der Waals surface area contributed by atoms with Crippen molar-refractivity contribution < 1.29 is 4.79 Å². The van der Waals surface area contributed by atoms with Crippen LogP contribution in [-0.4, -0.2) is 16.8 Å². The van der Waals surface area contributed by atoms with Gasteiger partial charge in [0.2, 0.25) is 0 Å². The third-order valence-corrected chi connectivity index (χ3v) is 6.27. The molecule has 15 heavy (non-hydrogen) atoms. The van der Waals surface area contributed by atoms with Crippen LogP contribution in [-0.2, 0) is 4.79 Å². The Labute approximate surface area is 102 Å². The summed E-state index contributed by atoms with van der Waals surface area (Å²) in [6, 6.07) is 0. The van der Waals surface area contributed by atoms with Gasteiger partial charge in [0.15, 0.2) is 0 Å². The summed E-state index contributed by atoms with van der Waals surface area (Å²) >= 11 is 0. The summed E-state index contributed by atoms with van der Waals surface area (Å²) in [5.41, 5.74) is 0. The van der Waals surface area contributed by atoms with Crippen molar-refractivity contribution >= 4 is 27.4 Å². The zero-order valence-electron chi connectivity index (χ0n) is 9.99. The minimum Gasteiger partial charge on any atom is -0.299 e. The first kappa shape index (κ1) is 13.4. The summed E-state index contributed by atoms with van der Waals surface area (Å²) in [5, 5.41) is 0.837. The summed E-state index contributed by atoms with van der Waals surface area (Å²) < 4.78 is 0. The Balaban J connectivity index is 2.04. The van der Waals surface area contributed by atoms with Crippen LogP contribution in [0.15, 0.2) is 0 Å². The molecule has 0 N–H and O–H groups in total. The van der Waals surface area contributed by atoms with Gasteiger partial charge in [0, 0.05) is 23.3 Å². The number of hydrogen-bond acceptors (Lipinski definition) is 3. The quantitative estimate of drug-likeness (QED) is 0.517. The fraction of sp³-hybridized carbons (Fsp3) is 0.917. The molecule has 1 fully saturated rings. The molecule has 3 heteroatoms. The molecule has 1 rings (SSSR count). The molecule has 0 aromatic carbocycles. The van der Waals surface area contributed by atoms with Gasteiger partial charge in [-0.25, -0.2) is 0 Å². The molecule has 1 aliphatic heterocycles. The Morgan fingerprint density at radius 2 is 2.13 bits per heavy atom. The average Bonchev–Trinajstić information content (AvgIpc) is 2.58. The predicted molar refractivity (Wildman–Crippen MR) is 71.3 cm³/mol. The Hall–Kier alpha value is 0.370. The second kappa shape index (κ2) is 6.85. The molecule has 1 nitrogen and oxygen atoms in total. The van der Waals surface area contributed by atoms with Gasteiger partial charge < -0.3 is 0 Å². The molecule has 0 spiro atoms. The maximum Gasteiger partial charge on any atom is 0.135 e. The van der Waals surface area contributed by atoms with Gasteiger partial charge in [-0.05, 0) is 18.8 Å². The Bertz CT molecular complexity index is 204. The molecular formula is C12H22OS2. The lowest BCUT2D eigenvalue weighted by Gasteiger charge is -2.12. The van der Waals surface area contributed by atoms with Gasteiger partial charge in [-0.1, -0.05) is 48.8 Å². The SMILES string of the molecule is CC(C)C(=O)CCCCC1SSCC1C. The first-order valence-corrected chi connectivity index (χ1v) is 8.30. The van der Waals surface area contributed by atoms with E-state index in [1.807, 2.05) is 35.4 Å². The molecule has 0 amide bonds. The van der Waals surface area contributed by atoms with Crippen LogP contribution in [0.5, 0.6) is 0 Å². The highest BCUT2D eigenvalue weighted by Crippen LogP contribution is 2.43. The number of carbonyl (C=O) groups is 1. The number of hydrogen-bond donors (Lipinski definition) is 0. The van der Waals surface area contributed by atoms with E-state index in [9.17, 15) is 4.79 Å². The molecule has 0 radical (unpaired) electrons. The van der Waals surface area contributed by atoms with E-state index in [0.717, 1.165) is 24.0 Å². The first-order valence-electron chi connectivity index (χ1n) is 5.92. The number of carbonyl (C=O) groups excluding carboxylic acids is 1. The number of Topliss-reactive ketones (excluding diaryl/α,β-unsaturated/α-hetero) is 1. The van der Waals surface area contributed by atoms with Gasteiger partial charge in [-0.2, -0.15) is 0 Å². The van der Waals surface area contributed by atoms with Crippen LogP contribution in [0, 0.1) is 11.8 Å². The van der Waals surface area contributed by atoms with Crippen molar-refractivity contribution in [2.45, 2.75) is 51.7 Å². The van der Waals surface area contributed by atoms with Crippen molar-refractivity contribution in [2.75, 3.05) is 5.75 Å². The van der Waals surface area contributed by atoms with Crippen LogP contribution in [0.25, 0.3) is 0 Å². The predicted octanol–water partition coefficient (Wildman–Crippen LogP) is 4.17. The van der Waals surface area contributed by atoms with E-state index in [-0.39, 0.29) is 5.92 Å². The van der Waals surface area contributed by atoms with E-state index in [4.69, 9.17) is 0 Å².